The molecule has 0 aliphatic carbocycles. The van der Waals surface area contributed by atoms with Crippen molar-refractivity contribution in [3.63, 3.8) is 0 Å². The molecule has 1 rings (SSSR count). The third kappa shape index (κ3) is 3.12. The van der Waals surface area contributed by atoms with Crippen molar-refractivity contribution in [1.29, 1.82) is 0 Å². The van der Waals surface area contributed by atoms with E-state index in [4.69, 9.17) is 14.8 Å². The predicted octanol–water partition coefficient (Wildman–Crippen LogP) is 0.275. The molecule has 1 aromatic carbocycles. The molecule has 0 fully saturated rings. The van der Waals surface area contributed by atoms with E-state index in [1.165, 1.54) is 0 Å². The standard InChI is InChI=1S/C8H10BBrO3/c1-13-5-6-2-7(9(11)12)4-8(10)3-6/h2-4,11-12H,5H2,1H3. The van der Waals surface area contributed by atoms with E-state index in [-0.39, 0.29) is 0 Å². The molecular weight excluding hydrogens is 235 g/mol. The summed E-state index contributed by atoms with van der Waals surface area (Å²) >= 11 is 3.27. The van der Waals surface area contributed by atoms with Crippen LogP contribution in [0.4, 0.5) is 0 Å². The van der Waals surface area contributed by atoms with Gasteiger partial charge in [0.25, 0.3) is 0 Å². The normalized spacial score (nSPS) is 10.2. The van der Waals surface area contributed by atoms with Crippen LogP contribution < -0.4 is 5.46 Å². The zero-order valence-corrected chi connectivity index (χ0v) is 8.78. The smallest absolute Gasteiger partial charge is 0.423 e. The lowest BCUT2D eigenvalue weighted by molar-refractivity contribution is 0.185. The van der Waals surface area contributed by atoms with Gasteiger partial charge in [-0.25, -0.2) is 0 Å². The fourth-order valence-electron chi connectivity index (χ4n) is 1.07. The Bertz CT molecular complexity index is 291. The molecule has 0 atom stereocenters. The zero-order chi connectivity index (χ0) is 9.84. The van der Waals surface area contributed by atoms with Crippen LogP contribution in [0.2, 0.25) is 0 Å². The molecule has 2 N–H and O–H groups in total. The van der Waals surface area contributed by atoms with Crippen LogP contribution >= 0.6 is 15.9 Å². The van der Waals surface area contributed by atoms with Crippen LogP contribution in [0.5, 0.6) is 0 Å². The summed E-state index contributed by atoms with van der Waals surface area (Å²) in [4.78, 5) is 0. The van der Waals surface area contributed by atoms with E-state index in [2.05, 4.69) is 15.9 Å². The first kappa shape index (κ1) is 10.7. The van der Waals surface area contributed by atoms with Crippen molar-refractivity contribution < 1.29 is 14.8 Å². The number of rotatable bonds is 3. The molecule has 0 unspecified atom stereocenters. The van der Waals surface area contributed by atoms with Gasteiger partial charge in [0.2, 0.25) is 0 Å². The molecule has 0 aromatic heterocycles. The Kier molecular flexibility index (Phi) is 3.93. The van der Waals surface area contributed by atoms with Crippen molar-refractivity contribution in [2.45, 2.75) is 6.61 Å². The van der Waals surface area contributed by atoms with E-state index >= 15 is 0 Å². The Balaban J connectivity index is 2.96. The molecule has 70 valence electrons. The van der Waals surface area contributed by atoms with Gasteiger partial charge in [0, 0.05) is 11.6 Å². The monoisotopic (exact) mass is 244 g/mol. The van der Waals surface area contributed by atoms with Crippen LogP contribution in [0, 0.1) is 0 Å². The second-order valence-electron chi connectivity index (χ2n) is 2.70. The molecule has 0 radical (unpaired) electrons. The summed E-state index contributed by atoms with van der Waals surface area (Å²) in [6.45, 7) is 0.458. The molecule has 0 saturated carbocycles. The summed E-state index contributed by atoms with van der Waals surface area (Å²) in [5.74, 6) is 0. The van der Waals surface area contributed by atoms with Crippen LogP contribution in [0.15, 0.2) is 22.7 Å². The van der Waals surface area contributed by atoms with Crippen molar-refractivity contribution in [3.05, 3.63) is 28.2 Å². The second kappa shape index (κ2) is 4.76. The second-order valence-corrected chi connectivity index (χ2v) is 3.62. The minimum atomic E-state index is -1.44. The highest BCUT2D eigenvalue weighted by atomic mass is 79.9. The van der Waals surface area contributed by atoms with Crippen molar-refractivity contribution in [2.75, 3.05) is 7.11 Å². The molecule has 3 nitrogen and oxygen atoms in total. The van der Waals surface area contributed by atoms with Crippen LogP contribution in [0.1, 0.15) is 5.56 Å². The van der Waals surface area contributed by atoms with Gasteiger partial charge in [-0.1, -0.05) is 22.0 Å². The summed E-state index contributed by atoms with van der Waals surface area (Å²) < 4.78 is 5.74. The van der Waals surface area contributed by atoms with Crippen molar-refractivity contribution >= 4 is 28.5 Å². The summed E-state index contributed by atoms with van der Waals surface area (Å²) in [7, 11) is 0.156. The summed E-state index contributed by atoms with van der Waals surface area (Å²) in [6, 6.07) is 5.22. The minimum absolute atomic E-state index is 0.458. The average Bonchev–Trinajstić information content (AvgIpc) is 2.03. The third-order valence-corrected chi connectivity index (χ3v) is 2.05. The topological polar surface area (TPSA) is 49.7 Å². The van der Waals surface area contributed by atoms with Gasteiger partial charge in [0.05, 0.1) is 6.61 Å². The molecule has 0 aliphatic rings. The maximum atomic E-state index is 8.93. The highest BCUT2D eigenvalue weighted by molar-refractivity contribution is 9.10. The molecule has 1 aromatic rings. The number of halogens is 1. The Morgan fingerprint density at radius 1 is 1.38 bits per heavy atom. The van der Waals surface area contributed by atoms with Gasteiger partial charge in [-0.3, -0.25) is 0 Å². The van der Waals surface area contributed by atoms with Crippen LogP contribution in [0.25, 0.3) is 0 Å². The van der Waals surface area contributed by atoms with Crippen LogP contribution in [-0.2, 0) is 11.3 Å². The number of hydrogen-bond donors (Lipinski definition) is 2. The molecule has 0 spiro atoms. The molecule has 0 amide bonds. The third-order valence-electron chi connectivity index (χ3n) is 1.59. The minimum Gasteiger partial charge on any atom is -0.423 e. The maximum absolute atomic E-state index is 8.93. The van der Waals surface area contributed by atoms with Crippen molar-refractivity contribution in [3.8, 4) is 0 Å². The highest BCUT2D eigenvalue weighted by Gasteiger charge is 2.12. The lowest BCUT2D eigenvalue weighted by Crippen LogP contribution is -2.30. The molecule has 5 heteroatoms. The predicted molar refractivity (Wildman–Crippen MR) is 54.7 cm³/mol. The van der Waals surface area contributed by atoms with Gasteiger partial charge < -0.3 is 14.8 Å². The van der Waals surface area contributed by atoms with E-state index in [1.54, 1.807) is 19.2 Å². The number of methoxy groups -OCH3 is 1. The maximum Gasteiger partial charge on any atom is 0.488 e. The summed E-state index contributed by atoms with van der Waals surface area (Å²) in [5.41, 5.74) is 1.36. The van der Waals surface area contributed by atoms with Gasteiger partial charge >= 0.3 is 7.12 Å². The summed E-state index contributed by atoms with van der Waals surface area (Å²) in [5, 5.41) is 17.9. The van der Waals surface area contributed by atoms with Crippen LogP contribution in [0.3, 0.4) is 0 Å². The van der Waals surface area contributed by atoms with E-state index < -0.39 is 7.12 Å². The Morgan fingerprint density at radius 3 is 2.62 bits per heavy atom. The molecule has 0 aliphatic heterocycles. The molecule has 13 heavy (non-hydrogen) atoms. The van der Waals surface area contributed by atoms with E-state index in [9.17, 15) is 0 Å². The van der Waals surface area contributed by atoms with Crippen molar-refractivity contribution in [2.24, 2.45) is 0 Å². The van der Waals surface area contributed by atoms with Gasteiger partial charge in [0.1, 0.15) is 0 Å². The lowest BCUT2D eigenvalue weighted by Gasteiger charge is -2.05. The SMILES string of the molecule is COCc1cc(Br)cc(B(O)O)c1. The zero-order valence-electron chi connectivity index (χ0n) is 7.20. The largest absolute Gasteiger partial charge is 0.488 e. The fourth-order valence-corrected chi connectivity index (χ4v) is 1.63. The first-order valence-corrected chi connectivity index (χ1v) is 4.57. The number of benzene rings is 1. The Hall–Kier alpha value is -0.355. The Labute approximate surface area is 85.6 Å². The van der Waals surface area contributed by atoms with Gasteiger partial charge in [0.15, 0.2) is 0 Å². The molecular formula is C8H10BBrO3. The van der Waals surface area contributed by atoms with Crippen molar-refractivity contribution in [1.82, 2.24) is 0 Å². The van der Waals surface area contributed by atoms with Crippen LogP contribution in [-0.4, -0.2) is 24.3 Å². The number of hydrogen-bond acceptors (Lipinski definition) is 3. The van der Waals surface area contributed by atoms with E-state index in [1.807, 2.05) is 6.07 Å². The Morgan fingerprint density at radius 2 is 2.08 bits per heavy atom. The quantitative estimate of drug-likeness (QED) is 0.751. The fraction of sp³-hybridized carbons (Fsp3) is 0.250. The summed E-state index contributed by atoms with van der Waals surface area (Å²) in [6.07, 6.45) is 0. The van der Waals surface area contributed by atoms with E-state index in [0.717, 1.165) is 10.0 Å². The van der Waals surface area contributed by atoms with E-state index in [0.29, 0.717) is 12.1 Å². The number of ether oxygens (including phenoxy) is 1. The first-order chi connectivity index (χ1) is 6.13. The van der Waals surface area contributed by atoms with Gasteiger partial charge in [-0.15, -0.1) is 0 Å². The van der Waals surface area contributed by atoms with Gasteiger partial charge in [-0.2, -0.15) is 0 Å². The molecule has 0 heterocycles. The first-order valence-electron chi connectivity index (χ1n) is 3.78. The van der Waals surface area contributed by atoms with Gasteiger partial charge in [-0.05, 0) is 23.2 Å². The molecule has 0 bridgehead atoms. The lowest BCUT2D eigenvalue weighted by atomic mass is 9.80. The molecule has 0 saturated heterocycles. The highest BCUT2D eigenvalue weighted by Crippen LogP contribution is 2.11. The average molecular weight is 245 g/mol.